The Kier molecular flexibility index (Phi) is 3.98. The molecular formula is C17H20N2O3. The van der Waals surface area contributed by atoms with Crippen molar-refractivity contribution in [3.8, 4) is 0 Å². The zero-order valence-electron chi connectivity index (χ0n) is 12.6. The van der Waals surface area contributed by atoms with Crippen LogP contribution in [0.1, 0.15) is 30.1 Å². The molecule has 2 heterocycles. The quantitative estimate of drug-likeness (QED) is 0.850. The van der Waals surface area contributed by atoms with Gasteiger partial charge in [-0.25, -0.2) is 4.79 Å². The molecule has 3 rings (SSSR count). The van der Waals surface area contributed by atoms with Crippen LogP contribution in [-0.4, -0.2) is 25.5 Å². The van der Waals surface area contributed by atoms with Gasteiger partial charge >= 0.3 is 5.63 Å². The van der Waals surface area contributed by atoms with Crippen LogP contribution >= 0.6 is 0 Å². The number of benzene rings is 1. The monoisotopic (exact) mass is 300 g/mol. The van der Waals surface area contributed by atoms with Gasteiger partial charge in [0.15, 0.2) is 0 Å². The molecule has 0 saturated carbocycles. The maximum Gasteiger partial charge on any atom is 0.349 e. The molecule has 0 atom stereocenters. The number of amides is 1. The Morgan fingerprint density at radius 3 is 2.82 bits per heavy atom. The fourth-order valence-corrected chi connectivity index (χ4v) is 2.82. The van der Waals surface area contributed by atoms with E-state index in [-0.39, 0.29) is 16.9 Å². The zero-order chi connectivity index (χ0) is 15.6. The molecule has 2 N–H and O–H groups in total. The van der Waals surface area contributed by atoms with E-state index >= 15 is 0 Å². The van der Waals surface area contributed by atoms with E-state index in [2.05, 4.69) is 17.6 Å². The Bertz CT molecular complexity index is 745. The molecule has 1 aromatic heterocycles. The lowest BCUT2D eigenvalue weighted by Gasteiger charge is -2.34. The summed E-state index contributed by atoms with van der Waals surface area (Å²) in [5.41, 5.74) is 0.0510. The summed E-state index contributed by atoms with van der Waals surface area (Å²) >= 11 is 0. The van der Waals surface area contributed by atoms with Gasteiger partial charge in [-0.1, -0.05) is 25.1 Å². The molecule has 1 fully saturated rings. The third-order valence-corrected chi connectivity index (χ3v) is 4.37. The second-order valence-electron chi connectivity index (χ2n) is 6.23. The van der Waals surface area contributed by atoms with E-state index in [0.29, 0.717) is 12.1 Å². The molecule has 1 aromatic carbocycles. The average molecular weight is 300 g/mol. The topological polar surface area (TPSA) is 71.3 Å². The van der Waals surface area contributed by atoms with Gasteiger partial charge in [0.25, 0.3) is 5.91 Å². The third-order valence-electron chi connectivity index (χ3n) is 4.37. The van der Waals surface area contributed by atoms with Crippen molar-refractivity contribution in [2.45, 2.75) is 19.8 Å². The number of nitrogens with one attached hydrogen (secondary N) is 2. The zero-order valence-corrected chi connectivity index (χ0v) is 12.6. The lowest BCUT2D eigenvalue weighted by Crippen LogP contribution is -2.43. The number of para-hydroxylation sites is 1. The van der Waals surface area contributed by atoms with Crippen LogP contribution in [0.2, 0.25) is 0 Å². The summed E-state index contributed by atoms with van der Waals surface area (Å²) in [5.74, 6) is -0.362. The molecule has 1 amide bonds. The van der Waals surface area contributed by atoms with E-state index in [1.165, 1.54) is 0 Å². The van der Waals surface area contributed by atoms with Gasteiger partial charge in [0.05, 0.1) is 0 Å². The lowest BCUT2D eigenvalue weighted by atomic mass is 9.81. The van der Waals surface area contributed by atoms with Crippen LogP contribution in [0.4, 0.5) is 0 Å². The summed E-state index contributed by atoms with van der Waals surface area (Å²) in [6, 6.07) is 8.78. The predicted molar refractivity (Wildman–Crippen MR) is 85.0 cm³/mol. The number of hydrogen-bond donors (Lipinski definition) is 2. The Morgan fingerprint density at radius 1 is 1.32 bits per heavy atom. The normalized spacial score (nSPS) is 17.3. The van der Waals surface area contributed by atoms with Crippen LogP contribution in [0.5, 0.6) is 0 Å². The fraction of sp³-hybridized carbons (Fsp3) is 0.412. The van der Waals surface area contributed by atoms with Gasteiger partial charge < -0.3 is 15.1 Å². The van der Waals surface area contributed by atoms with Crippen molar-refractivity contribution in [2.24, 2.45) is 5.41 Å². The molecule has 22 heavy (non-hydrogen) atoms. The van der Waals surface area contributed by atoms with Crippen molar-refractivity contribution < 1.29 is 9.21 Å². The summed E-state index contributed by atoms with van der Waals surface area (Å²) in [4.78, 5) is 24.3. The molecule has 2 aromatic rings. The Labute approximate surface area is 128 Å². The van der Waals surface area contributed by atoms with E-state index in [0.717, 1.165) is 31.3 Å². The molecule has 1 saturated heterocycles. The second-order valence-corrected chi connectivity index (χ2v) is 6.23. The van der Waals surface area contributed by atoms with E-state index in [1.54, 1.807) is 18.2 Å². The summed E-state index contributed by atoms with van der Waals surface area (Å²) in [7, 11) is 0. The van der Waals surface area contributed by atoms with Gasteiger partial charge in [0.2, 0.25) is 0 Å². The minimum absolute atomic E-state index is 0.0660. The van der Waals surface area contributed by atoms with Crippen molar-refractivity contribution in [1.29, 1.82) is 0 Å². The van der Waals surface area contributed by atoms with E-state index < -0.39 is 5.63 Å². The number of carbonyl (C=O) groups excluding carboxylic acids is 1. The van der Waals surface area contributed by atoms with Gasteiger partial charge in [-0.3, -0.25) is 4.79 Å². The summed E-state index contributed by atoms with van der Waals surface area (Å²) < 4.78 is 5.20. The first-order valence-electron chi connectivity index (χ1n) is 7.59. The maximum absolute atomic E-state index is 12.3. The summed E-state index contributed by atoms with van der Waals surface area (Å²) in [6.45, 7) is 4.66. The molecule has 0 bridgehead atoms. The Morgan fingerprint density at radius 2 is 2.05 bits per heavy atom. The molecule has 116 valence electrons. The van der Waals surface area contributed by atoms with Crippen molar-refractivity contribution in [1.82, 2.24) is 10.6 Å². The number of piperidine rings is 1. The van der Waals surface area contributed by atoms with Gasteiger partial charge in [-0.2, -0.15) is 0 Å². The van der Waals surface area contributed by atoms with Crippen molar-refractivity contribution in [3.05, 3.63) is 46.3 Å². The van der Waals surface area contributed by atoms with Crippen molar-refractivity contribution in [2.75, 3.05) is 19.6 Å². The highest BCUT2D eigenvalue weighted by Gasteiger charge is 2.27. The smallest absolute Gasteiger partial charge is 0.349 e. The lowest BCUT2D eigenvalue weighted by molar-refractivity contribution is 0.0918. The van der Waals surface area contributed by atoms with Crippen LogP contribution in [0, 0.1) is 5.41 Å². The number of carbonyl (C=O) groups is 1. The molecule has 0 aliphatic carbocycles. The van der Waals surface area contributed by atoms with Crippen LogP contribution in [0.25, 0.3) is 11.0 Å². The summed E-state index contributed by atoms with van der Waals surface area (Å²) in [6.07, 6.45) is 2.03. The highest BCUT2D eigenvalue weighted by molar-refractivity contribution is 5.96. The van der Waals surface area contributed by atoms with E-state index in [4.69, 9.17) is 4.42 Å². The van der Waals surface area contributed by atoms with E-state index in [9.17, 15) is 9.59 Å². The number of rotatable bonds is 3. The fourth-order valence-electron chi connectivity index (χ4n) is 2.82. The molecule has 1 aliphatic rings. The number of fused-ring (bicyclic) bond motifs is 1. The molecule has 0 radical (unpaired) electrons. The molecule has 5 nitrogen and oxygen atoms in total. The van der Waals surface area contributed by atoms with Crippen LogP contribution < -0.4 is 16.3 Å². The Balaban J connectivity index is 1.77. The molecule has 0 unspecified atom stereocenters. The highest BCUT2D eigenvalue weighted by Crippen LogP contribution is 2.26. The minimum Gasteiger partial charge on any atom is -0.422 e. The first-order valence-corrected chi connectivity index (χ1v) is 7.59. The third kappa shape index (κ3) is 3.04. The molecular weight excluding hydrogens is 280 g/mol. The van der Waals surface area contributed by atoms with Crippen LogP contribution in [0.3, 0.4) is 0 Å². The molecule has 5 heteroatoms. The first kappa shape index (κ1) is 14.8. The highest BCUT2D eigenvalue weighted by atomic mass is 16.4. The van der Waals surface area contributed by atoms with E-state index in [1.807, 2.05) is 12.1 Å². The van der Waals surface area contributed by atoms with Crippen LogP contribution in [-0.2, 0) is 0 Å². The van der Waals surface area contributed by atoms with Gasteiger partial charge in [-0.05, 0) is 43.5 Å². The second kappa shape index (κ2) is 5.93. The van der Waals surface area contributed by atoms with Gasteiger partial charge in [0.1, 0.15) is 11.1 Å². The van der Waals surface area contributed by atoms with Crippen molar-refractivity contribution >= 4 is 16.9 Å². The minimum atomic E-state index is -0.591. The molecule has 0 spiro atoms. The SMILES string of the molecule is CC1(CNC(=O)c2cc3ccccc3oc2=O)CCNCC1. The molecule has 1 aliphatic heterocycles. The predicted octanol–water partition coefficient (Wildman–Crippen LogP) is 1.91. The standard InChI is InChI=1S/C17H20N2O3/c1-17(6-8-18-9-7-17)11-19-15(20)13-10-12-4-2-3-5-14(12)22-16(13)21/h2-5,10,18H,6-9,11H2,1H3,(H,19,20). The average Bonchev–Trinajstić information content (AvgIpc) is 2.53. The van der Waals surface area contributed by atoms with Crippen molar-refractivity contribution in [3.63, 3.8) is 0 Å². The maximum atomic E-state index is 12.3. The Hall–Kier alpha value is -2.14. The van der Waals surface area contributed by atoms with Gasteiger partial charge in [-0.15, -0.1) is 0 Å². The first-order chi connectivity index (χ1) is 10.6. The summed E-state index contributed by atoms with van der Waals surface area (Å²) in [5, 5.41) is 6.95. The van der Waals surface area contributed by atoms with Gasteiger partial charge in [0, 0.05) is 11.9 Å². The largest absolute Gasteiger partial charge is 0.422 e. The van der Waals surface area contributed by atoms with Crippen LogP contribution in [0.15, 0.2) is 39.5 Å². The number of hydrogen-bond acceptors (Lipinski definition) is 4.